The summed E-state index contributed by atoms with van der Waals surface area (Å²) in [6.45, 7) is 10.3. The molecule has 4 atom stereocenters. The standard InChI is InChI=1S/C21H35N5O5S/c1-7-14(5)18(24-25-22)20(28)26(9-10-30-6)16(13(3)4)11-17(27)19-23-15(12-32-19)21(29)31-8-2/h12-14,16-18,27H,7-11H2,1-6H3. The quantitative estimate of drug-likeness (QED) is 0.189. The summed E-state index contributed by atoms with van der Waals surface area (Å²) in [7, 11) is 1.55. The van der Waals surface area contributed by atoms with Crippen molar-refractivity contribution in [3.63, 3.8) is 0 Å². The molecule has 180 valence electrons. The molecule has 0 bridgehead atoms. The topological polar surface area (TPSA) is 138 Å². The summed E-state index contributed by atoms with van der Waals surface area (Å²) in [5, 5.41) is 16.6. The largest absolute Gasteiger partial charge is 0.461 e. The van der Waals surface area contributed by atoms with Crippen molar-refractivity contribution in [1.29, 1.82) is 0 Å². The SMILES string of the molecule is CCOC(=O)c1csc(C(O)CC(C(C)C)N(CCOC)C(=O)C(N=[N+]=[N-])C(C)CC)n1. The Labute approximate surface area is 193 Å². The van der Waals surface area contributed by atoms with Gasteiger partial charge >= 0.3 is 5.97 Å². The summed E-state index contributed by atoms with van der Waals surface area (Å²) in [5.74, 6) is -0.956. The zero-order chi connectivity index (χ0) is 24.3. The predicted molar refractivity (Wildman–Crippen MR) is 122 cm³/mol. The number of azide groups is 1. The molecule has 1 aromatic heterocycles. The second-order valence-electron chi connectivity index (χ2n) is 7.91. The zero-order valence-electron chi connectivity index (χ0n) is 19.7. The number of carbonyl (C=O) groups excluding carboxylic acids is 2. The van der Waals surface area contributed by atoms with E-state index >= 15 is 0 Å². The number of nitrogens with zero attached hydrogens (tertiary/aromatic N) is 5. The highest BCUT2D eigenvalue weighted by molar-refractivity contribution is 7.09. The fourth-order valence-electron chi connectivity index (χ4n) is 3.31. The summed E-state index contributed by atoms with van der Waals surface area (Å²) < 4.78 is 10.2. The lowest BCUT2D eigenvalue weighted by molar-refractivity contribution is -0.138. The van der Waals surface area contributed by atoms with Crippen molar-refractivity contribution in [3.8, 4) is 0 Å². The molecule has 0 saturated heterocycles. The van der Waals surface area contributed by atoms with Crippen molar-refractivity contribution in [2.75, 3.05) is 26.9 Å². The number of carbonyl (C=O) groups is 2. The molecule has 0 fully saturated rings. The van der Waals surface area contributed by atoms with Crippen molar-refractivity contribution >= 4 is 23.2 Å². The molecular formula is C21H35N5O5S. The van der Waals surface area contributed by atoms with E-state index in [1.54, 1.807) is 24.3 Å². The normalized spacial score (nSPS) is 14.9. The van der Waals surface area contributed by atoms with E-state index in [-0.39, 0.29) is 42.5 Å². The highest BCUT2D eigenvalue weighted by atomic mass is 32.1. The van der Waals surface area contributed by atoms with Gasteiger partial charge in [0, 0.05) is 36.4 Å². The number of amides is 1. The van der Waals surface area contributed by atoms with Gasteiger partial charge in [-0.2, -0.15) is 0 Å². The molecule has 32 heavy (non-hydrogen) atoms. The number of methoxy groups -OCH3 is 1. The number of rotatable bonds is 14. The molecule has 11 heteroatoms. The van der Waals surface area contributed by atoms with Gasteiger partial charge in [0.2, 0.25) is 5.91 Å². The molecule has 0 saturated carbocycles. The van der Waals surface area contributed by atoms with E-state index in [9.17, 15) is 14.7 Å². The first-order valence-electron chi connectivity index (χ1n) is 10.9. The van der Waals surface area contributed by atoms with Crippen LogP contribution in [0.2, 0.25) is 0 Å². The molecule has 0 aliphatic heterocycles. The van der Waals surface area contributed by atoms with Crippen LogP contribution >= 0.6 is 11.3 Å². The van der Waals surface area contributed by atoms with Crippen molar-refractivity contribution in [3.05, 3.63) is 26.5 Å². The van der Waals surface area contributed by atoms with Crippen LogP contribution in [0.15, 0.2) is 10.5 Å². The first-order chi connectivity index (χ1) is 15.2. The first kappa shape index (κ1) is 27.8. The Morgan fingerprint density at radius 2 is 2.03 bits per heavy atom. The maximum Gasteiger partial charge on any atom is 0.357 e. The van der Waals surface area contributed by atoms with Gasteiger partial charge in [-0.05, 0) is 24.3 Å². The van der Waals surface area contributed by atoms with Crippen LogP contribution in [0.1, 0.15) is 69.1 Å². The summed E-state index contributed by atoms with van der Waals surface area (Å²) in [6.07, 6.45) is -0.0834. The number of hydrogen-bond acceptors (Lipinski definition) is 8. The maximum atomic E-state index is 13.4. The van der Waals surface area contributed by atoms with Crippen molar-refractivity contribution < 1.29 is 24.2 Å². The molecular weight excluding hydrogens is 434 g/mol. The molecule has 4 unspecified atom stereocenters. The smallest absolute Gasteiger partial charge is 0.357 e. The lowest BCUT2D eigenvalue weighted by atomic mass is 9.93. The van der Waals surface area contributed by atoms with E-state index in [4.69, 9.17) is 15.0 Å². The molecule has 1 amide bonds. The third kappa shape index (κ3) is 7.74. The molecule has 0 aromatic carbocycles. The average molecular weight is 470 g/mol. The molecule has 1 N–H and O–H groups in total. The number of aliphatic hydroxyl groups excluding tert-OH is 1. The van der Waals surface area contributed by atoms with Crippen LogP contribution < -0.4 is 0 Å². The zero-order valence-corrected chi connectivity index (χ0v) is 20.5. The number of ether oxygens (including phenoxy) is 2. The molecule has 0 aliphatic rings. The molecule has 10 nitrogen and oxygen atoms in total. The minimum absolute atomic E-state index is 0.00130. The average Bonchev–Trinajstić information content (AvgIpc) is 3.26. The van der Waals surface area contributed by atoms with Crippen LogP contribution in [0.25, 0.3) is 10.4 Å². The fraction of sp³-hybridized carbons (Fsp3) is 0.762. The molecule has 0 aliphatic carbocycles. The van der Waals surface area contributed by atoms with Gasteiger partial charge in [0.25, 0.3) is 0 Å². The lowest BCUT2D eigenvalue weighted by Crippen LogP contribution is -2.50. The van der Waals surface area contributed by atoms with E-state index < -0.39 is 18.1 Å². The number of aromatic nitrogens is 1. The molecule has 1 heterocycles. The van der Waals surface area contributed by atoms with Crippen molar-refractivity contribution in [1.82, 2.24) is 9.88 Å². The Kier molecular flexibility index (Phi) is 12.2. The minimum Gasteiger partial charge on any atom is -0.461 e. The number of hydrogen-bond donors (Lipinski definition) is 1. The number of esters is 1. The van der Waals surface area contributed by atoms with Gasteiger partial charge in [0.05, 0.1) is 13.2 Å². The highest BCUT2D eigenvalue weighted by Crippen LogP contribution is 2.29. The molecule has 0 radical (unpaired) electrons. The van der Waals surface area contributed by atoms with Crippen LogP contribution in [-0.4, -0.2) is 65.8 Å². The number of aliphatic hydroxyl groups is 1. The molecule has 1 aromatic rings. The van der Waals surface area contributed by atoms with Gasteiger partial charge in [0.15, 0.2) is 5.69 Å². The molecule has 0 spiro atoms. The summed E-state index contributed by atoms with van der Waals surface area (Å²) in [4.78, 5) is 34.0. The van der Waals surface area contributed by atoms with Gasteiger partial charge < -0.3 is 19.5 Å². The Bertz CT molecular complexity index is 780. The van der Waals surface area contributed by atoms with Crippen molar-refractivity contribution in [2.24, 2.45) is 17.0 Å². The van der Waals surface area contributed by atoms with E-state index in [0.717, 1.165) is 0 Å². The third-order valence-corrected chi connectivity index (χ3v) is 6.30. The molecule has 1 rings (SSSR count). The van der Waals surface area contributed by atoms with Crippen LogP contribution in [0.5, 0.6) is 0 Å². The monoisotopic (exact) mass is 469 g/mol. The van der Waals surface area contributed by atoms with E-state index in [2.05, 4.69) is 15.0 Å². The Hall–Kier alpha value is -2.20. The van der Waals surface area contributed by atoms with Crippen LogP contribution in [-0.2, 0) is 14.3 Å². The minimum atomic E-state index is -0.977. The maximum absolute atomic E-state index is 13.4. The Morgan fingerprint density at radius 1 is 1.34 bits per heavy atom. The predicted octanol–water partition coefficient (Wildman–Crippen LogP) is 3.97. The number of thiazole rings is 1. The van der Waals surface area contributed by atoms with E-state index in [1.165, 1.54) is 11.3 Å². The second-order valence-corrected chi connectivity index (χ2v) is 8.80. The van der Waals surface area contributed by atoms with Crippen molar-refractivity contribution in [2.45, 2.75) is 65.6 Å². The first-order valence-corrected chi connectivity index (χ1v) is 11.7. The van der Waals surface area contributed by atoms with Gasteiger partial charge in [-0.15, -0.1) is 11.3 Å². The van der Waals surface area contributed by atoms with E-state index in [0.29, 0.717) is 24.6 Å². The van der Waals surface area contributed by atoms with Crippen LogP contribution in [0, 0.1) is 11.8 Å². The fourth-order valence-corrected chi connectivity index (χ4v) is 4.10. The third-order valence-electron chi connectivity index (χ3n) is 5.36. The lowest BCUT2D eigenvalue weighted by Gasteiger charge is -2.37. The van der Waals surface area contributed by atoms with Gasteiger partial charge in [0.1, 0.15) is 17.2 Å². The second kappa shape index (κ2) is 14.1. The summed E-state index contributed by atoms with van der Waals surface area (Å²) in [5.41, 5.74) is 9.15. The van der Waals surface area contributed by atoms with Gasteiger partial charge in [-0.3, -0.25) is 4.79 Å². The van der Waals surface area contributed by atoms with Crippen LogP contribution in [0.4, 0.5) is 0 Å². The highest BCUT2D eigenvalue weighted by Gasteiger charge is 2.35. The summed E-state index contributed by atoms with van der Waals surface area (Å²) in [6, 6.07) is -1.20. The Morgan fingerprint density at radius 3 is 2.56 bits per heavy atom. The van der Waals surface area contributed by atoms with Gasteiger partial charge in [-0.25, -0.2) is 9.78 Å². The summed E-state index contributed by atoms with van der Waals surface area (Å²) >= 11 is 1.17. The van der Waals surface area contributed by atoms with Gasteiger partial charge in [-0.1, -0.05) is 39.2 Å². The van der Waals surface area contributed by atoms with Crippen LogP contribution in [0.3, 0.4) is 0 Å². The van der Waals surface area contributed by atoms with E-state index in [1.807, 2.05) is 27.7 Å². The Balaban J connectivity index is 3.17.